The van der Waals surface area contributed by atoms with Crippen molar-refractivity contribution in [1.29, 1.82) is 0 Å². The summed E-state index contributed by atoms with van der Waals surface area (Å²) in [6, 6.07) is 9.36. The molecule has 2 aromatic heterocycles. The summed E-state index contributed by atoms with van der Waals surface area (Å²) < 4.78 is 1.63. The standard InChI is InChI=1S/C14H14N4OS/c1-9-7-13(19)18(14(15-9)20-2)8-12-16-10-5-3-4-6-11(10)17-12/h3-7H,8H2,1-2H3,(H,16,17). The third kappa shape index (κ3) is 2.34. The second kappa shape index (κ2) is 5.13. The summed E-state index contributed by atoms with van der Waals surface area (Å²) in [4.78, 5) is 24.2. The van der Waals surface area contributed by atoms with Crippen molar-refractivity contribution >= 4 is 22.8 Å². The SMILES string of the molecule is CSc1nc(C)cc(=O)n1Cc1nc2ccccc2[nH]1. The van der Waals surface area contributed by atoms with Gasteiger partial charge in [-0.1, -0.05) is 23.9 Å². The Morgan fingerprint density at radius 3 is 2.85 bits per heavy atom. The Bertz CT molecular complexity index is 788. The zero-order valence-corrected chi connectivity index (χ0v) is 12.1. The molecule has 2 heterocycles. The Morgan fingerprint density at radius 1 is 1.30 bits per heavy atom. The fourth-order valence-corrected chi connectivity index (χ4v) is 2.74. The van der Waals surface area contributed by atoms with Gasteiger partial charge in [-0.3, -0.25) is 9.36 Å². The van der Waals surface area contributed by atoms with E-state index in [4.69, 9.17) is 0 Å². The third-order valence-corrected chi connectivity index (χ3v) is 3.71. The Kier molecular flexibility index (Phi) is 3.31. The lowest BCUT2D eigenvalue weighted by Crippen LogP contribution is -2.23. The highest BCUT2D eigenvalue weighted by Gasteiger charge is 2.09. The van der Waals surface area contributed by atoms with E-state index in [9.17, 15) is 4.79 Å². The number of benzene rings is 1. The first-order valence-corrected chi connectivity index (χ1v) is 7.46. The maximum atomic E-state index is 12.1. The summed E-state index contributed by atoms with van der Waals surface area (Å²) in [5.41, 5.74) is 2.56. The highest BCUT2D eigenvalue weighted by molar-refractivity contribution is 7.98. The van der Waals surface area contributed by atoms with Gasteiger partial charge >= 0.3 is 0 Å². The number of hydrogen-bond acceptors (Lipinski definition) is 4. The van der Waals surface area contributed by atoms with E-state index in [2.05, 4.69) is 15.0 Å². The first-order chi connectivity index (χ1) is 9.67. The van der Waals surface area contributed by atoms with Gasteiger partial charge < -0.3 is 4.98 Å². The van der Waals surface area contributed by atoms with E-state index in [0.717, 1.165) is 22.6 Å². The number of nitrogens with zero attached hydrogens (tertiary/aromatic N) is 3. The van der Waals surface area contributed by atoms with Crippen molar-refractivity contribution in [2.75, 3.05) is 6.26 Å². The molecule has 102 valence electrons. The van der Waals surface area contributed by atoms with Crippen LogP contribution >= 0.6 is 11.8 Å². The molecule has 0 amide bonds. The minimum atomic E-state index is -0.0534. The normalized spacial score (nSPS) is 11.1. The number of imidazole rings is 1. The Balaban J connectivity index is 2.04. The number of hydrogen-bond donors (Lipinski definition) is 1. The first kappa shape index (κ1) is 12.9. The molecule has 0 fully saturated rings. The van der Waals surface area contributed by atoms with E-state index in [1.165, 1.54) is 11.8 Å². The van der Waals surface area contributed by atoms with Gasteiger partial charge in [0.2, 0.25) is 0 Å². The summed E-state index contributed by atoms with van der Waals surface area (Å²) in [7, 11) is 0. The first-order valence-electron chi connectivity index (χ1n) is 6.23. The summed E-state index contributed by atoms with van der Waals surface area (Å²) in [5.74, 6) is 0.759. The van der Waals surface area contributed by atoms with Gasteiger partial charge in [0.1, 0.15) is 5.82 Å². The molecule has 0 saturated carbocycles. The average Bonchev–Trinajstić information content (AvgIpc) is 2.83. The molecular formula is C14H14N4OS. The van der Waals surface area contributed by atoms with Crippen molar-refractivity contribution in [1.82, 2.24) is 19.5 Å². The number of H-pyrrole nitrogens is 1. The van der Waals surface area contributed by atoms with Crippen LogP contribution in [-0.2, 0) is 6.54 Å². The number of aromatic amines is 1. The number of fused-ring (bicyclic) bond motifs is 1. The summed E-state index contributed by atoms with van der Waals surface area (Å²) >= 11 is 1.46. The van der Waals surface area contributed by atoms with Crippen molar-refractivity contribution in [3.8, 4) is 0 Å². The minimum Gasteiger partial charge on any atom is -0.340 e. The largest absolute Gasteiger partial charge is 0.340 e. The lowest BCUT2D eigenvalue weighted by Gasteiger charge is -2.08. The number of thioether (sulfide) groups is 1. The number of rotatable bonds is 3. The van der Waals surface area contributed by atoms with Crippen molar-refractivity contribution in [2.45, 2.75) is 18.6 Å². The van der Waals surface area contributed by atoms with E-state index >= 15 is 0 Å². The molecule has 1 N–H and O–H groups in total. The van der Waals surface area contributed by atoms with Crippen LogP contribution in [0, 0.1) is 6.92 Å². The van der Waals surface area contributed by atoms with Crippen LogP contribution in [0.25, 0.3) is 11.0 Å². The molecule has 0 saturated heterocycles. The molecule has 0 radical (unpaired) electrons. The molecule has 20 heavy (non-hydrogen) atoms. The second-order valence-corrected chi connectivity index (χ2v) is 5.28. The monoisotopic (exact) mass is 286 g/mol. The number of para-hydroxylation sites is 2. The highest BCUT2D eigenvalue weighted by Crippen LogP contribution is 2.14. The Hall–Kier alpha value is -2.08. The Morgan fingerprint density at radius 2 is 2.10 bits per heavy atom. The molecule has 0 spiro atoms. The van der Waals surface area contributed by atoms with Gasteiger partial charge in [0.05, 0.1) is 17.6 Å². The smallest absolute Gasteiger partial charge is 0.254 e. The fourth-order valence-electron chi connectivity index (χ4n) is 2.13. The van der Waals surface area contributed by atoms with Crippen LogP contribution in [0.1, 0.15) is 11.5 Å². The molecule has 3 rings (SSSR count). The van der Waals surface area contributed by atoms with Crippen LogP contribution in [0.3, 0.4) is 0 Å². The number of aryl methyl sites for hydroxylation is 1. The van der Waals surface area contributed by atoms with Crippen LogP contribution in [-0.4, -0.2) is 25.8 Å². The number of aromatic nitrogens is 4. The molecule has 0 bridgehead atoms. The molecule has 0 aliphatic rings. The van der Waals surface area contributed by atoms with Crippen molar-refractivity contribution < 1.29 is 0 Å². The molecule has 3 aromatic rings. The highest BCUT2D eigenvalue weighted by atomic mass is 32.2. The van der Waals surface area contributed by atoms with Crippen LogP contribution < -0.4 is 5.56 Å². The third-order valence-electron chi connectivity index (χ3n) is 3.03. The van der Waals surface area contributed by atoms with E-state index in [-0.39, 0.29) is 5.56 Å². The summed E-state index contributed by atoms with van der Waals surface area (Å²) in [5, 5.41) is 0.704. The summed E-state index contributed by atoms with van der Waals surface area (Å²) in [6.07, 6.45) is 1.91. The lowest BCUT2D eigenvalue weighted by molar-refractivity contribution is 0.622. The molecule has 0 unspecified atom stereocenters. The van der Waals surface area contributed by atoms with E-state index in [1.54, 1.807) is 10.6 Å². The quantitative estimate of drug-likeness (QED) is 0.592. The molecule has 1 aromatic carbocycles. The van der Waals surface area contributed by atoms with Gasteiger partial charge in [-0.05, 0) is 25.3 Å². The van der Waals surface area contributed by atoms with Gasteiger partial charge in [-0.15, -0.1) is 0 Å². The topological polar surface area (TPSA) is 63.6 Å². The second-order valence-electron chi connectivity index (χ2n) is 4.51. The fraction of sp³-hybridized carbons (Fsp3) is 0.214. The van der Waals surface area contributed by atoms with E-state index < -0.39 is 0 Å². The van der Waals surface area contributed by atoms with Gasteiger partial charge in [0.15, 0.2) is 5.16 Å². The van der Waals surface area contributed by atoms with Crippen LogP contribution in [0.4, 0.5) is 0 Å². The maximum Gasteiger partial charge on any atom is 0.254 e. The summed E-state index contributed by atoms with van der Waals surface area (Å²) in [6.45, 7) is 2.23. The van der Waals surface area contributed by atoms with Crippen molar-refractivity contribution in [3.63, 3.8) is 0 Å². The van der Waals surface area contributed by atoms with Gasteiger partial charge in [-0.2, -0.15) is 0 Å². The zero-order valence-electron chi connectivity index (χ0n) is 11.3. The molecule has 5 nitrogen and oxygen atoms in total. The van der Waals surface area contributed by atoms with Crippen LogP contribution in [0.5, 0.6) is 0 Å². The van der Waals surface area contributed by atoms with Gasteiger partial charge in [0, 0.05) is 11.8 Å². The lowest BCUT2D eigenvalue weighted by atomic mass is 10.3. The van der Waals surface area contributed by atoms with Crippen LogP contribution in [0.2, 0.25) is 0 Å². The maximum absolute atomic E-state index is 12.1. The van der Waals surface area contributed by atoms with Crippen molar-refractivity contribution in [2.24, 2.45) is 0 Å². The zero-order chi connectivity index (χ0) is 14.1. The molecule has 0 aliphatic carbocycles. The minimum absolute atomic E-state index is 0.0534. The van der Waals surface area contributed by atoms with E-state index in [0.29, 0.717) is 11.7 Å². The molecular weight excluding hydrogens is 272 g/mol. The predicted octanol–water partition coefficient (Wildman–Crippen LogP) is 2.20. The van der Waals surface area contributed by atoms with Crippen molar-refractivity contribution in [3.05, 3.63) is 52.2 Å². The molecule has 0 atom stereocenters. The van der Waals surface area contributed by atoms with E-state index in [1.807, 2.05) is 37.4 Å². The predicted molar refractivity (Wildman–Crippen MR) is 80.2 cm³/mol. The average molecular weight is 286 g/mol. The molecule has 0 aliphatic heterocycles. The van der Waals surface area contributed by atoms with Crippen LogP contribution in [0.15, 0.2) is 40.3 Å². The van der Waals surface area contributed by atoms with Gasteiger partial charge in [0.25, 0.3) is 5.56 Å². The molecule has 6 heteroatoms. The number of nitrogens with one attached hydrogen (secondary N) is 1. The van der Waals surface area contributed by atoms with Gasteiger partial charge in [-0.25, -0.2) is 9.97 Å². The Labute approximate surface area is 120 Å².